The Balaban J connectivity index is 1.66. The Bertz CT molecular complexity index is 360. The van der Waals surface area contributed by atoms with Crippen LogP contribution < -0.4 is 10.6 Å². The van der Waals surface area contributed by atoms with Gasteiger partial charge in [-0.1, -0.05) is 6.42 Å². The topological polar surface area (TPSA) is 58.2 Å². The molecule has 19 heavy (non-hydrogen) atoms. The Morgan fingerprint density at radius 1 is 1.11 bits per heavy atom. The van der Waals surface area contributed by atoms with Gasteiger partial charge in [-0.3, -0.25) is 9.59 Å². The summed E-state index contributed by atoms with van der Waals surface area (Å²) in [5.74, 6) is 2.10. The second-order valence-corrected chi connectivity index (χ2v) is 7.21. The van der Waals surface area contributed by atoms with E-state index in [2.05, 4.69) is 10.6 Å². The molecule has 3 atom stereocenters. The van der Waals surface area contributed by atoms with Crippen molar-refractivity contribution in [2.24, 2.45) is 17.8 Å². The van der Waals surface area contributed by atoms with Crippen LogP contribution in [-0.2, 0) is 9.59 Å². The summed E-state index contributed by atoms with van der Waals surface area (Å²) in [7, 11) is 0. The highest BCUT2D eigenvalue weighted by molar-refractivity contribution is 5.85. The molecule has 0 radical (unpaired) electrons. The van der Waals surface area contributed by atoms with E-state index in [-0.39, 0.29) is 23.9 Å². The van der Waals surface area contributed by atoms with Crippen molar-refractivity contribution in [1.29, 1.82) is 0 Å². The van der Waals surface area contributed by atoms with Gasteiger partial charge in [0.25, 0.3) is 0 Å². The van der Waals surface area contributed by atoms with Crippen molar-refractivity contribution in [3.8, 4) is 0 Å². The summed E-state index contributed by atoms with van der Waals surface area (Å²) in [5.41, 5.74) is -0.244. The maximum absolute atomic E-state index is 11.9. The highest BCUT2D eigenvalue weighted by Gasteiger charge is 2.40. The molecule has 2 aliphatic carbocycles. The molecule has 2 N–H and O–H groups in total. The zero-order valence-electron chi connectivity index (χ0n) is 12.3. The minimum atomic E-state index is -0.244. The lowest BCUT2D eigenvalue weighted by molar-refractivity contribution is -0.127. The lowest BCUT2D eigenvalue weighted by Gasteiger charge is -2.22. The molecule has 0 saturated heterocycles. The van der Waals surface area contributed by atoms with Crippen molar-refractivity contribution in [1.82, 2.24) is 10.6 Å². The molecular weight excluding hydrogens is 240 g/mol. The Labute approximate surface area is 115 Å². The fourth-order valence-corrected chi connectivity index (χ4v) is 3.58. The summed E-state index contributed by atoms with van der Waals surface area (Å²) in [6.45, 7) is 5.89. The predicted molar refractivity (Wildman–Crippen MR) is 74.5 cm³/mol. The summed E-state index contributed by atoms with van der Waals surface area (Å²) < 4.78 is 0. The van der Waals surface area contributed by atoms with Crippen LogP contribution in [0.25, 0.3) is 0 Å². The number of carbonyl (C=O) groups excluding carboxylic acids is 2. The van der Waals surface area contributed by atoms with Crippen LogP contribution in [0.3, 0.4) is 0 Å². The predicted octanol–water partition coefficient (Wildman–Crippen LogP) is 1.84. The van der Waals surface area contributed by atoms with Crippen molar-refractivity contribution in [2.45, 2.75) is 58.4 Å². The highest BCUT2D eigenvalue weighted by Crippen LogP contribution is 2.49. The Kier molecular flexibility index (Phi) is 4.16. The van der Waals surface area contributed by atoms with E-state index in [0.717, 1.165) is 11.8 Å². The van der Waals surface area contributed by atoms with E-state index in [0.29, 0.717) is 12.3 Å². The van der Waals surface area contributed by atoms with Crippen molar-refractivity contribution in [2.75, 3.05) is 6.54 Å². The molecule has 2 fully saturated rings. The molecule has 4 nitrogen and oxygen atoms in total. The van der Waals surface area contributed by atoms with Gasteiger partial charge < -0.3 is 10.6 Å². The van der Waals surface area contributed by atoms with Crippen molar-refractivity contribution < 1.29 is 9.59 Å². The number of nitrogens with one attached hydrogen (secondary N) is 2. The van der Waals surface area contributed by atoms with Gasteiger partial charge in [0.2, 0.25) is 11.8 Å². The lowest BCUT2D eigenvalue weighted by Crippen LogP contribution is -2.46. The van der Waals surface area contributed by atoms with E-state index in [9.17, 15) is 9.59 Å². The quantitative estimate of drug-likeness (QED) is 0.816. The smallest absolute Gasteiger partial charge is 0.239 e. The van der Waals surface area contributed by atoms with Gasteiger partial charge >= 0.3 is 0 Å². The van der Waals surface area contributed by atoms with Gasteiger partial charge in [-0.25, -0.2) is 0 Å². The zero-order chi connectivity index (χ0) is 14.0. The van der Waals surface area contributed by atoms with E-state index in [4.69, 9.17) is 0 Å². The monoisotopic (exact) mass is 266 g/mol. The average molecular weight is 266 g/mol. The van der Waals surface area contributed by atoms with Gasteiger partial charge in [-0.05, 0) is 57.8 Å². The van der Waals surface area contributed by atoms with E-state index < -0.39 is 0 Å². The minimum absolute atomic E-state index is 0.0293. The molecule has 2 saturated carbocycles. The number of carbonyl (C=O) groups is 2. The highest BCUT2D eigenvalue weighted by atomic mass is 16.2. The van der Waals surface area contributed by atoms with E-state index in [1.807, 2.05) is 20.8 Å². The molecule has 0 aromatic heterocycles. The fraction of sp³-hybridized carbons (Fsp3) is 0.867. The summed E-state index contributed by atoms with van der Waals surface area (Å²) in [6, 6.07) is 0. The number of rotatable bonds is 4. The van der Waals surface area contributed by atoms with Gasteiger partial charge in [0.05, 0.1) is 6.54 Å². The molecule has 108 valence electrons. The fourth-order valence-electron chi connectivity index (χ4n) is 3.58. The molecule has 2 rings (SSSR count). The Morgan fingerprint density at radius 3 is 2.37 bits per heavy atom. The molecule has 0 spiro atoms. The minimum Gasteiger partial charge on any atom is -0.350 e. The van der Waals surface area contributed by atoms with Crippen LogP contribution in [0.1, 0.15) is 52.9 Å². The Morgan fingerprint density at radius 2 is 1.84 bits per heavy atom. The van der Waals surface area contributed by atoms with Gasteiger partial charge in [0, 0.05) is 12.0 Å². The van der Waals surface area contributed by atoms with Crippen molar-refractivity contribution >= 4 is 11.8 Å². The summed E-state index contributed by atoms with van der Waals surface area (Å²) in [5, 5.41) is 5.58. The van der Waals surface area contributed by atoms with Crippen LogP contribution in [0.2, 0.25) is 0 Å². The summed E-state index contributed by atoms with van der Waals surface area (Å²) in [4.78, 5) is 23.5. The third kappa shape index (κ3) is 4.22. The molecular formula is C15H26N2O2. The van der Waals surface area contributed by atoms with Gasteiger partial charge in [0.15, 0.2) is 0 Å². The second kappa shape index (κ2) is 5.51. The second-order valence-electron chi connectivity index (χ2n) is 7.21. The standard InChI is InChI=1S/C15H26N2O2/c1-15(2,3)17-14(19)9-16-13(18)8-12-7-10-4-5-11(12)6-10/h10-12H,4-9H2,1-3H3,(H,16,18)(H,17,19)/t10-,11+,12+/m0/s1. The first-order chi connectivity index (χ1) is 8.83. The number of hydrogen-bond donors (Lipinski definition) is 2. The Hall–Kier alpha value is -1.06. The van der Waals surface area contributed by atoms with Crippen LogP contribution in [-0.4, -0.2) is 23.9 Å². The molecule has 2 aliphatic rings. The van der Waals surface area contributed by atoms with Crippen LogP contribution in [0, 0.1) is 17.8 Å². The summed E-state index contributed by atoms with van der Waals surface area (Å²) in [6.07, 6.45) is 5.79. The van der Waals surface area contributed by atoms with Crippen LogP contribution in [0.5, 0.6) is 0 Å². The zero-order valence-corrected chi connectivity index (χ0v) is 12.3. The molecule has 2 amide bonds. The first-order valence-electron chi connectivity index (χ1n) is 7.41. The SMILES string of the molecule is CC(C)(C)NC(=O)CNC(=O)C[C@H]1C[C@H]2CC[C@@H]1C2. The van der Waals surface area contributed by atoms with E-state index in [1.54, 1.807) is 0 Å². The van der Waals surface area contributed by atoms with Crippen LogP contribution in [0.15, 0.2) is 0 Å². The van der Waals surface area contributed by atoms with E-state index in [1.165, 1.54) is 25.7 Å². The normalized spacial score (nSPS) is 29.3. The van der Waals surface area contributed by atoms with Crippen LogP contribution >= 0.6 is 0 Å². The molecule has 4 heteroatoms. The third-order valence-electron chi connectivity index (χ3n) is 4.29. The first kappa shape index (κ1) is 14.4. The summed E-state index contributed by atoms with van der Waals surface area (Å²) >= 11 is 0. The van der Waals surface area contributed by atoms with Crippen LogP contribution in [0.4, 0.5) is 0 Å². The molecule has 2 bridgehead atoms. The van der Waals surface area contributed by atoms with Gasteiger partial charge in [-0.2, -0.15) is 0 Å². The third-order valence-corrected chi connectivity index (χ3v) is 4.29. The number of amides is 2. The number of fused-ring (bicyclic) bond motifs is 2. The maximum Gasteiger partial charge on any atom is 0.239 e. The van der Waals surface area contributed by atoms with Gasteiger partial charge in [-0.15, -0.1) is 0 Å². The lowest BCUT2D eigenvalue weighted by atomic mass is 9.86. The average Bonchev–Trinajstić information content (AvgIpc) is 2.85. The van der Waals surface area contributed by atoms with E-state index >= 15 is 0 Å². The largest absolute Gasteiger partial charge is 0.350 e. The molecule has 0 aliphatic heterocycles. The number of hydrogen-bond acceptors (Lipinski definition) is 2. The first-order valence-corrected chi connectivity index (χ1v) is 7.41. The molecule has 0 aromatic carbocycles. The molecule has 0 heterocycles. The molecule has 0 unspecified atom stereocenters. The molecule has 0 aromatic rings. The maximum atomic E-state index is 11.9. The van der Waals surface area contributed by atoms with Crippen molar-refractivity contribution in [3.63, 3.8) is 0 Å². The van der Waals surface area contributed by atoms with Gasteiger partial charge in [0.1, 0.15) is 0 Å². The van der Waals surface area contributed by atoms with Crippen molar-refractivity contribution in [3.05, 3.63) is 0 Å².